The second kappa shape index (κ2) is 3.35. The third-order valence-corrected chi connectivity index (χ3v) is 1.76. The van der Waals surface area contributed by atoms with E-state index in [0.717, 1.165) is 0 Å². The zero-order chi connectivity index (χ0) is 10.7. The first-order valence-corrected chi connectivity index (χ1v) is 3.58. The Labute approximate surface area is 80.4 Å². The van der Waals surface area contributed by atoms with Crippen molar-refractivity contribution in [3.8, 4) is 18.2 Å². The predicted octanol–water partition coefficient (Wildman–Crippen LogP) is 0.466. The van der Waals surface area contributed by atoms with Crippen molar-refractivity contribution in [3.05, 3.63) is 22.8 Å². The highest BCUT2D eigenvalue weighted by molar-refractivity contribution is 5.78. The lowest BCUT2D eigenvalue weighted by Gasteiger charge is -2.04. The van der Waals surface area contributed by atoms with Crippen molar-refractivity contribution in [1.82, 2.24) is 0 Å². The van der Waals surface area contributed by atoms with Crippen LogP contribution in [0, 0.1) is 34.0 Å². The van der Waals surface area contributed by atoms with Gasteiger partial charge >= 0.3 is 0 Å². The molecular weight excluding hydrogens is 178 g/mol. The first kappa shape index (κ1) is 9.38. The molecule has 0 saturated heterocycles. The van der Waals surface area contributed by atoms with Crippen molar-refractivity contribution in [2.45, 2.75) is 0 Å². The lowest BCUT2D eigenvalue weighted by atomic mass is 10.0. The summed E-state index contributed by atoms with van der Waals surface area (Å²) >= 11 is 0. The molecule has 0 aromatic heterocycles. The maximum atomic E-state index is 8.71. The monoisotopic (exact) mass is 183 g/mol. The Balaban J connectivity index is 3.71. The molecule has 0 aliphatic rings. The van der Waals surface area contributed by atoms with Gasteiger partial charge in [0.1, 0.15) is 23.8 Å². The number of anilines is 2. The summed E-state index contributed by atoms with van der Waals surface area (Å²) in [6.07, 6.45) is 0. The van der Waals surface area contributed by atoms with Crippen molar-refractivity contribution in [3.63, 3.8) is 0 Å². The zero-order valence-electron chi connectivity index (χ0n) is 7.07. The summed E-state index contributed by atoms with van der Waals surface area (Å²) in [6, 6.07) is 6.61. The minimum Gasteiger partial charge on any atom is -0.397 e. The summed E-state index contributed by atoms with van der Waals surface area (Å²) in [5.74, 6) is 0. The molecule has 0 spiro atoms. The molecule has 0 heterocycles. The first-order valence-electron chi connectivity index (χ1n) is 3.58. The van der Waals surface area contributed by atoms with E-state index in [0.29, 0.717) is 0 Å². The molecule has 5 heteroatoms. The largest absolute Gasteiger partial charge is 0.397 e. The number of nitriles is 3. The topological polar surface area (TPSA) is 123 Å². The summed E-state index contributed by atoms with van der Waals surface area (Å²) in [6.45, 7) is 0. The Morgan fingerprint density at radius 2 is 1.29 bits per heavy atom. The molecule has 0 aliphatic carbocycles. The molecule has 1 rings (SSSR count). The van der Waals surface area contributed by atoms with Crippen molar-refractivity contribution < 1.29 is 0 Å². The Morgan fingerprint density at radius 3 is 1.57 bits per heavy atom. The molecule has 14 heavy (non-hydrogen) atoms. The molecule has 5 nitrogen and oxygen atoms in total. The van der Waals surface area contributed by atoms with Crippen LogP contribution in [-0.2, 0) is 0 Å². The number of hydrogen-bond acceptors (Lipinski definition) is 5. The van der Waals surface area contributed by atoms with Crippen LogP contribution in [0.15, 0.2) is 6.07 Å². The molecule has 0 amide bonds. The van der Waals surface area contributed by atoms with Gasteiger partial charge in [0.05, 0.1) is 22.5 Å². The highest BCUT2D eigenvalue weighted by Crippen LogP contribution is 2.26. The number of rotatable bonds is 0. The van der Waals surface area contributed by atoms with Gasteiger partial charge in [0, 0.05) is 0 Å². The molecule has 0 aliphatic heterocycles. The fourth-order valence-corrected chi connectivity index (χ4v) is 1.02. The summed E-state index contributed by atoms with van der Waals surface area (Å²) < 4.78 is 0. The predicted molar refractivity (Wildman–Crippen MR) is 49.4 cm³/mol. The van der Waals surface area contributed by atoms with Crippen molar-refractivity contribution in [2.75, 3.05) is 11.5 Å². The second-order valence-corrected chi connectivity index (χ2v) is 2.51. The first-order chi connectivity index (χ1) is 6.65. The quantitative estimate of drug-likeness (QED) is 0.565. The van der Waals surface area contributed by atoms with Crippen LogP contribution in [0.4, 0.5) is 11.4 Å². The molecular formula is C9H5N5. The van der Waals surface area contributed by atoms with Gasteiger partial charge < -0.3 is 11.5 Å². The minimum atomic E-state index is -0.0133. The van der Waals surface area contributed by atoms with E-state index >= 15 is 0 Å². The number of hydrogen-bond donors (Lipinski definition) is 2. The molecule has 0 saturated carbocycles. The van der Waals surface area contributed by atoms with Crippen LogP contribution < -0.4 is 11.5 Å². The van der Waals surface area contributed by atoms with Gasteiger partial charge in [0.15, 0.2) is 0 Å². The maximum absolute atomic E-state index is 8.71. The maximum Gasteiger partial charge on any atom is 0.104 e. The third kappa shape index (κ3) is 1.18. The average Bonchev–Trinajstić information content (AvgIpc) is 2.19. The van der Waals surface area contributed by atoms with E-state index in [-0.39, 0.29) is 28.1 Å². The molecule has 0 bridgehead atoms. The highest BCUT2D eigenvalue weighted by Gasteiger charge is 2.13. The van der Waals surface area contributed by atoms with E-state index in [2.05, 4.69) is 0 Å². The Morgan fingerprint density at radius 1 is 0.857 bits per heavy atom. The number of nitrogen functional groups attached to an aromatic ring is 2. The lowest BCUT2D eigenvalue weighted by molar-refractivity contribution is 1.42. The lowest BCUT2D eigenvalue weighted by Crippen LogP contribution is -2.02. The molecule has 0 radical (unpaired) electrons. The van der Waals surface area contributed by atoms with Crippen LogP contribution in [0.2, 0.25) is 0 Å². The minimum absolute atomic E-state index is 0.0133. The van der Waals surface area contributed by atoms with E-state index in [1.807, 2.05) is 0 Å². The number of nitrogens with zero attached hydrogens (tertiary/aromatic N) is 3. The Kier molecular flexibility index (Phi) is 2.24. The normalized spacial score (nSPS) is 8.36. The third-order valence-electron chi connectivity index (χ3n) is 1.76. The summed E-state index contributed by atoms with van der Waals surface area (Å²) in [5, 5.41) is 26.0. The molecule has 0 atom stereocenters. The Hall–Kier alpha value is -2.71. The van der Waals surface area contributed by atoms with Crippen molar-refractivity contribution in [2.24, 2.45) is 0 Å². The summed E-state index contributed by atoms with van der Waals surface area (Å²) in [5.41, 5.74) is 11.2. The Bertz CT molecular complexity index is 472. The van der Waals surface area contributed by atoms with Crippen LogP contribution in [0.3, 0.4) is 0 Å². The highest BCUT2D eigenvalue weighted by atomic mass is 14.6. The second-order valence-electron chi connectivity index (χ2n) is 2.51. The van der Waals surface area contributed by atoms with E-state index in [1.54, 1.807) is 18.2 Å². The fourth-order valence-electron chi connectivity index (χ4n) is 1.02. The van der Waals surface area contributed by atoms with Crippen LogP contribution in [0.25, 0.3) is 0 Å². The molecule has 66 valence electrons. The average molecular weight is 183 g/mol. The van der Waals surface area contributed by atoms with Crippen LogP contribution in [0.5, 0.6) is 0 Å². The van der Waals surface area contributed by atoms with Crippen molar-refractivity contribution in [1.29, 1.82) is 15.8 Å². The molecule has 4 N–H and O–H groups in total. The molecule has 1 aromatic rings. The van der Waals surface area contributed by atoms with Gasteiger partial charge in [-0.1, -0.05) is 0 Å². The van der Waals surface area contributed by atoms with Gasteiger partial charge in [-0.2, -0.15) is 15.8 Å². The zero-order valence-corrected chi connectivity index (χ0v) is 7.07. The van der Waals surface area contributed by atoms with E-state index in [9.17, 15) is 0 Å². The van der Waals surface area contributed by atoms with Crippen LogP contribution >= 0.6 is 0 Å². The van der Waals surface area contributed by atoms with Crippen LogP contribution in [0.1, 0.15) is 16.7 Å². The number of benzene rings is 1. The van der Waals surface area contributed by atoms with Gasteiger partial charge in [-0.3, -0.25) is 0 Å². The van der Waals surface area contributed by atoms with Gasteiger partial charge in [0.25, 0.3) is 0 Å². The van der Waals surface area contributed by atoms with Gasteiger partial charge in [-0.15, -0.1) is 0 Å². The van der Waals surface area contributed by atoms with Gasteiger partial charge in [-0.05, 0) is 6.07 Å². The van der Waals surface area contributed by atoms with E-state index in [4.69, 9.17) is 27.3 Å². The summed E-state index contributed by atoms with van der Waals surface area (Å²) in [4.78, 5) is 0. The van der Waals surface area contributed by atoms with Gasteiger partial charge in [-0.25, -0.2) is 0 Å². The smallest absolute Gasteiger partial charge is 0.104 e. The molecule has 0 unspecified atom stereocenters. The summed E-state index contributed by atoms with van der Waals surface area (Å²) in [7, 11) is 0. The standard InChI is InChI=1S/C9H5N5/c10-2-5-1-6(3-11)9(14)7(4-12)8(5)13/h1H,13-14H2. The molecule has 1 aromatic carbocycles. The van der Waals surface area contributed by atoms with Crippen LogP contribution in [-0.4, -0.2) is 0 Å². The molecule has 0 fully saturated rings. The van der Waals surface area contributed by atoms with E-state index < -0.39 is 0 Å². The fraction of sp³-hybridized carbons (Fsp3) is 0. The SMILES string of the molecule is N#Cc1cc(C#N)c(N)c(C#N)c1N. The van der Waals surface area contributed by atoms with Gasteiger partial charge in [0.2, 0.25) is 0 Å². The van der Waals surface area contributed by atoms with E-state index in [1.165, 1.54) is 6.07 Å². The van der Waals surface area contributed by atoms with Crippen molar-refractivity contribution >= 4 is 11.4 Å². The number of nitrogens with two attached hydrogens (primary N) is 2.